The van der Waals surface area contributed by atoms with Crippen LogP contribution in [-0.4, -0.2) is 40.6 Å². The van der Waals surface area contributed by atoms with Gasteiger partial charge in [-0.15, -0.1) is 0 Å². The Morgan fingerprint density at radius 3 is 2.34 bits per heavy atom. The number of aromatic nitrogens is 4. The van der Waals surface area contributed by atoms with Crippen molar-refractivity contribution in [3.63, 3.8) is 0 Å². The van der Waals surface area contributed by atoms with Gasteiger partial charge in [0.15, 0.2) is 0 Å². The number of amides is 1. The van der Waals surface area contributed by atoms with Crippen molar-refractivity contribution in [2.24, 2.45) is 7.05 Å². The molecule has 2 heterocycles. The average molecular weight is 453 g/mol. The van der Waals surface area contributed by atoms with Crippen LogP contribution in [0, 0.1) is 20.8 Å². The number of carbonyl (C=O) groups is 1. The highest BCUT2D eigenvalue weighted by molar-refractivity contribution is 7.92. The van der Waals surface area contributed by atoms with Gasteiger partial charge < -0.3 is 5.32 Å². The molecule has 0 unspecified atom stereocenters. The molecule has 10 heteroatoms. The second kappa shape index (κ2) is 7.79. The number of nitrogens with zero attached hydrogens (tertiary/aromatic N) is 3. The zero-order valence-electron chi connectivity index (χ0n) is 18.4. The summed E-state index contributed by atoms with van der Waals surface area (Å²) in [4.78, 5) is 13.2. The predicted octanol–water partition coefficient (Wildman–Crippen LogP) is 3.51. The number of anilines is 2. The Bertz CT molecular complexity index is 1440. The van der Waals surface area contributed by atoms with Gasteiger partial charge in [-0.2, -0.15) is 10.2 Å². The van der Waals surface area contributed by atoms with Crippen LogP contribution in [-0.2, 0) is 17.1 Å². The lowest BCUT2D eigenvalue weighted by Gasteiger charge is -2.15. The third-order valence-electron chi connectivity index (χ3n) is 5.21. The number of aryl methyl sites for hydroxylation is 4. The van der Waals surface area contributed by atoms with E-state index in [9.17, 15) is 13.2 Å². The molecule has 4 rings (SSSR count). The minimum Gasteiger partial charge on any atom is -0.321 e. The highest BCUT2D eigenvalue weighted by atomic mass is 32.2. The normalized spacial score (nSPS) is 11.7. The van der Waals surface area contributed by atoms with E-state index in [2.05, 4.69) is 25.3 Å². The lowest BCUT2D eigenvalue weighted by molar-refractivity contribution is 0.102. The highest BCUT2D eigenvalue weighted by Crippen LogP contribution is 2.30. The van der Waals surface area contributed by atoms with Crippen molar-refractivity contribution >= 4 is 38.2 Å². The first-order chi connectivity index (χ1) is 15.0. The molecule has 0 spiro atoms. The van der Waals surface area contributed by atoms with Crippen LogP contribution in [0.2, 0.25) is 0 Å². The third kappa shape index (κ3) is 4.22. The molecular formula is C22H24N6O3S. The van der Waals surface area contributed by atoms with Crippen molar-refractivity contribution in [3.05, 3.63) is 58.9 Å². The third-order valence-corrected chi connectivity index (χ3v) is 5.81. The number of hydrogen-bond donors (Lipinski definition) is 3. The van der Waals surface area contributed by atoms with Gasteiger partial charge in [0.25, 0.3) is 5.91 Å². The summed E-state index contributed by atoms with van der Waals surface area (Å²) in [5.41, 5.74) is 6.36. The first kappa shape index (κ1) is 21.6. The Balaban J connectivity index is 1.69. The van der Waals surface area contributed by atoms with E-state index in [1.54, 1.807) is 23.0 Å². The van der Waals surface area contributed by atoms with E-state index in [0.29, 0.717) is 16.9 Å². The molecule has 0 saturated heterocycles. The Labute approximate surface area is 185 Å². The maximum absolute atomic E-state index is 13.2. The summed E-state index contributed by atoms with van der Waals surface area (Å²) in [6.45, 7) is 5.52. The number of fused-ring (bicyclic) bond motifs is 1. The highest BCUT2D eigenvalue weighted by Gasteiger charge is 2.18. The molecule has 1 amide bonds. The summed E-state index contributed by atoms with van der Waals surface area (Å²) in [5.74, 6) is -0.252. The fourth-order valence-electron chi connectivity index (χ4n) is 3.80. The average Bonchev–Trinajstić information content (AvgIpc) is 3.28. The van der Waals surface area contributed by atoms with Crippen molar-refractivity contribution in [3.8, 4) is 11.3 Å². The molecule has 3 N–H and O–H groups in total. The van der Waals surface area contributed by atoms with E-state index in [1.807, 2.05) is 46.1 Å². The van der Waals surface area contributed by atoms with Crippen molar-refractivity contribution < 1.29 is 13.2 Å². The Hall–Kier alpha value is -3.66. The molecule has 0 bridgehead atoms. The molecule has 0 fully saturated rings. The van der Waals surface area contributed by atoms with E-state index in [0.717, 1.165) is 45.1 Å². The molecule has 2 aromatic carbocycles. The SMILES string of the molecule is Cc1cc2[nH]nc(-c3cnn(C)c3)c2cc1C(=O)Nc1c(C)cc(NS(C)(=O)=O)cc1C. The van der Waals surface area contributed by atoms with Crippen LogP contribution in [0.4, 0.5) is 11.4 Å². The minimum absolute atomic E-state index is 0.252. The van der Waals surface area contributed by atoms with Crippen LogP contribution in [0.1, 0.15) is 27.0 Å². The molecular weight excluding hydrogens is 428 g/mol. The molecule has 0 saturated carbocycles. The molecule has 32 heavy (non-hydrogen) atoms. The van der Waals surface area contributed by atoms with Crippen LogP contribution in [0.25, 0.3) is 22.2 Å². The summed E-state index contributed by atoms with van der Waals surface area (Å²) < 4.78 is 27.2. The lowest BCUT2D eigenvalue weighted by Crippen LogP contribution is -2.16. The fraction of sp³-hybridized carbons (Fsp3) is 0.227. The number of carbonyl (C=O) groups excluding carboxylic acids is 1. The zero-order chi connectivity index (χ0) is 23.2. The zero-order valence-corrected chi connectivity index (χ0v) is 19.3. The summed E-state index contributed by atoms with van der Waals surface area (Å²) in [7, 11) is -1.55. The fourth-order valence-corrected chi connectivity index (χ4v) is 4.34. The second-order valence-corrected chi connectivity index (χ2v) is 9.75. The van der Waals surface area contributed by atoms with Gasteiger partial charge in [-0.05, 0) is 61.7 Å². The Kier molecular flexibility index (Phi) is 5.25. The predicted molar refractivity (Wildman–Crippen MR) is 125 cm³/mol. The van der Waals surface area contributed by atoms with E-state index < -0.39 is 10.0 Å². The molecule has 9 nitrogen and oxygen atoms in total. The van der Waals surface area contributed by atoms with Crippen molar-refractivity contribution in [1.82, 2.24) is 20.0 Å². The Morgan fingerprint density at radius 2 is 1.75 bits per heavy atom. The summed E-state index contributed by atoms with van der Waals surface area (Å²) in [6, 6.07) is 7.11. The number of sulfonamides is 1. The Morgan fingerprint density at radius 1 is 1.06 bits per heavy atom. The largest absolute Gasteiger partial charge is 0.321 e. The molecule has 0 aliphatic carbocycles. The molecule has 0 atom stereocenters. The van der Waals surface area contributed by atoms with Gasteiger partial charge in [0.05, 0.1) is 18.0 Å². The first-order valence-electron chi connectivity index (χ1n) is 9.90. The van der Waals surface area contributed by atoms with Crippen LogP contribution in [0.3, 0.4) is 0 Å². The van der Waals surface area contributed by atoms with Gasteiger partial charge in [0.1, 0.15) is 5.69 Å². The van der Waals surface area contributed by atoms with Gasteiger partial charge in [0.2, 0.25) is 10.0 Å². The van der Waals surface area contributed by atoms with Crippen LogP contribution >= 0.6 is 0 Å². The molecule has 166 valence electrons. The van der Waals surface area contributed by atoms with E-state index in [4.69, 9.17) is 0 Å². The number of aromatic amines is 1. The number of hydrogen-bond acceptors (Lipinski definition) is 5. The van der Waals surface area contributed by atoms with Gasteiger partial charge in [0, 0.05) is 41.1 Å². The minimum atomic E-state index is -3.39. The van der Waals surface area contributed by atoms with Gasteiger partial charge in [-0.1, -0.05) is 0 Å². The van der Waals surface area contributed by atoms with E-state index in [-0.39, 0.29) is 5.91 Å². The van der Waals surface area contributed by atoms with Crippen molar-refractivity contribution in [2.45, 2.75) is 20.8 Å². The number of benzene rings is 2. The molecule has 0 aliphatic heterocycles. The molecule has 0 aliphatic rings. The first-order valence-corrected chi connectivity index (χ1v) is 11.8. The maximum atomic E-state index is 13.2. The van der Waals surface area contributed by atoms with Gasteiger partial charge in [-0.25, -0.2) is 8.42 Å². The van der Waals surface area contributed by atoms with Crippen molar-refractivity contribution in [1.29, 1.82) is 0 Å². The number of rotatable bonds is 5. The van der Waals surface area contributed by atoms with Crippen LogP contribution < -0.4 is 10.0 Å². The van der Waals surface area contributed by atoms with Gasteiger partial charge >= 0.3 is 0 Å². The monoisotopic (exact) mass is 452 g/mol. The van der Waals surface area contributed by atoms with Crippen molar-refractivity contribution in [2.75, 3.05) is 16.3 Å². The number of H-pyrrole nitrogens is 1. The smallest absolute Gasteiger partial charge is 0.255 e. The summed E-state index contributed by atoms with van der Waals surface area (Å²) >= 11 is 0. The topological polar surface area (TPSA) is 122 Å². The maximum Gasteiger partial charge on any atom is 0.255 e. The summed E-state index contributed by atoms with van der Waals surface area (Å²) in [5, 5.41) is 15.4. The molecule has 2 aromatic heterocycles. The van der Waals surface area contributed by atoms with E-state index >= 15 is 0 Å². The standard InChI is InChI=1S/C22H24N6O3S/c1-12-8-19-18(21(26-25-19)15-10-23-28(4)11-15)9-17(12)22(29)24-20-13(2)6-16(7-14(20)3)27-32(5,30)31/h6-11,27H,1-5H3,(H,24,29)(H,25,26). The molecule has 4 aromatic rings. The lowest BCUT2D eigenvalue weighted by atomic mass is 10.0. The quantitative estimate of drug-likeness (QED) is 0.428. The van der Waals surface area contributed by atoms with E-state index in [1.165, 1.54) is 0 Å². The second-order valence-electron chi connectivity index (χ2n) is 8.00. The van der Waals surface area contributed by atoms with Crippen LogP contribution in [0.15, 0.2) is 36.7 Å². The summed E-state index contributed by atoms with van der Waals surface area (Å²) in [6.07, 6.45) is 4.70. The van der Waals surface area contributed by atoms with Crippen LogP contribution in [0.5, 0.6) is 0 Å². The molecule has 0 radical (unpaired) electrons. The van der Waals surface area contributed by atoms with Gasteiger partial charge in [-0.3, -0.25) is 19.3 Å². The number of nitrogens with one attached hydrogen (secondary N) is 3.